The highest BCUT2D eigenvalue weighted by atomic mass is 19.1. The Bertz CT molecular complexity index is 556. The number of aliphatic hydroxyl groups is 1. The van der Waals surface area contributed by atoms with Crippen molar-refractivity contribution >= 4 is 11.4 Å². The van der Waals surface area contributed by atoms with Crippen molar-refractivity contribution < 1.29 is 9.50 Å². The predicted octanol–water partition coefficient (Wildman–Crippen LogP) is 4.04. The van der Waals surface area contributed by atoms with Crippen molar-refractivity contribution in [3.63, 3.8) is 0 Å². The Hall–Kier alpha value is -1.87. The summed E-state index contributed by atoms with van der Waals surface area (Å²) in [6.07, 6.45) is 0.140. The standard InChI is InChI=1S/C16H18FNO/c1-3-16(19)14-9-4-5-10-15(14)18(2)13-8-6-7-12(17)11-13/h4-11,16,19H,3H2,1-2H3/t16-/m0/s1. The minimum absolute atomic E-state index is 0.266. The highest BCUT2D eigenvalue weighted by Gasteiger charge is 2.14. The number of aliphatic hydroxyl groups excluding tert-OH is 1. The van der Waals surface area contributed by atoms with Crippen LogP contribution >= 0.6 is 0 Å². The molecule has 0 fully saturated rings. The van der Waals surface area contributed by atoms with Crippen LogP contribution in [0.1, 0.15) is 25.0 Å². The first-order valence-electron chi connectivity index (χ1n) is 6.39. The van der Waals surface area contributed by atoms with Gasteiger partial charge in [0.1, 0.15) is 5.82 Å². The minimum Gasteiger partial charge on any atom is -0.388 e. The van der Waals surface area contributed by atoms with Gasteiger partial charge < -0.3 is 10.0 Å². The monoisotopic (exact) mass is 259 g/mol. The van der Waals surface area contributed by atoms with Crippen molar-refractivity contribution in [2.24, 2.45) is 0 Å². The minimum atomic E-state index is -0.507. The van der Waals surface area contributed by atoms with E-state index in [9.17, 15) is 9.50 Å². The zero-order chi connectivity index (χ0) is 13.8. The molecule has 0 saturated heterocycles. The number of rotatable bonds is 4. The van der Waals surface area contributed by atoms with Crippen LogP contribution in [0, 0.1) is 5.82 Å². The first kappa shape index (κ1) is 13.6. The molecule has 0 aliphatic carbocycles. The van der Waals surface area contributed by atoms with Crippen LogP contribution in [0.4, 0.5) is 15.8 Å². The average molecular weight is 259 g/mol. The number of anilines is 2. The van der Waals surface area contributed by atoms with Crippen LogP contribution in [0.25, 0.3) is 0 Å². The van der Waals surface area contributed by atoms with Gasteiger partial charge in [-0.1, -0.05) is 31.2 Å². The first-order valence-corrected chi connectivity index (χ1v) is 6.39. The van der Waals surface area contributed by atoms with E-state index in [0.29, 0.717) is 6.42 Å². The number of hydrogen-bond donors (Lipinski definition) is 1. The summed E-state index contributed by atoms with van der Waals surface area (Å²) in [5.74, 6) is -0.266. The fourth-order valence-electron chi connectivity index (χ4n) is 2.12. The fraction of sp³-hybridized carbons (Fsp3) is 0.250. The summed E-state index contributed by atoms with van der Waals surface area (Å²) < 4.78 is 13.3. The van der Waals surface area contributed by atoms with Crippen molar-refractivity contribution in [3.8, 4) is 0 Å². The molecule has 2 aromatic carbocycles. The van der Waals surface area contributed by atoms with E-state index in [1.807, 2.05) is 49.2 Å². The van der Waals surface area contributed by atoms with Gasteiger partial charge in [-0.25, -0.2) is 4.39 Å². The van der Waals surface area contributed by atoms with E-state index in [4.69, 9.17) is 0 Å². The van der Waals surface area contributed by atoms with Gasteiger partial charge >= 0.3 is 0 Å². The van der Waals surface area contributed by atoms with Gasteiger partial charge in [0.25, 0.3) is 0 Å². The fourth-order valence-corrected chi connectivity index (χ4v) is 2.12. The van der Waals surface area contributed by atoms with Gasteiger partial charge in [0, 0.05) is 24.0 Å². The van der Waals surface area contributed by atoms with E-state index in [1.165, 1.54) is 12.1 Å². The van der Waals surface area contributed by atoms with Crippen molar-refractivity contribution in [2.75, 3.05) is 11.9 Å². The van der Waals surface area contributed by atoms with Crippen LogP contribution in [0.15, 0.2) is 48.5 Å². The van der Waals surface area contributed by atoms with Gasteiger partial charge in [-0.15, -0.1) is 0 Å². The topological polar surface area (TPSA) is 23.5 Å². The molecule has 19 heavy (non-hydrogen) atoms. The van der Waals surface area contributed by atoms with Gasteiger partial charge in [0.15, 0.2) is 0 Å². The summed E-state index contributed by atoms with van der Waals surface area (Å²) in [5, 5.41) is 10.1. The third-order valence-electron chi connectivity index (χ3n) is 3.24. The van der Waals surface area contributed by atoms with Crippen molar-refractivity contribution in [1.82, 2.24) is 0 Å². The third-order valence-corrected chi connectivity index (χ3v) is 3.24. The molecule has 0 aliphatic rings. The Kier molecular flexibility index (Phi) is 4.17. The van der Waals surface area contributed by atoms with E-state index in [0.717, 1.165) is 16.9 Å². The average Bonchev–Trinajstić information content (AvgIpc) is 2.45. The number of nitrogens with zero attached hydrogens (tertiary/aromatic N) is 1. The van der Waals surface area contributed by atoms with Crippen LogP contribution < -0.4 is 4.90 Å². The summed E-state index contributed by atoms with van der Waals surface area (Å²) in [6.45, 7) is 1.93. The maximum absolute atomic E-state index is 13.3. The lowest BCUT2D eigenvalue weighted by Gasteiger charge is -2.24. The maximum Gasteiger partial charge on any atom is 0.125 e. The molecule has 0 spiro atoms. The molecule has 1 N–H and O–H groups in total. The summed E-state index contributed by atoms with van der Waals surface area (Å²) in [5.41, 5.74) is 2.51. The van der Waals surface area contributed by atoms with E-state index < -0.39 is 6.10 Å². The summed E-state index contributed by atoms with van der Waals surface area (Å²) >= 11 is 0. The van der Waals surface area contributed by atoms with Gasteiger partial charge in [0.2, 0.25) is 0 Å². The zero-order valence-corrected chi connectivity index (χ0v) is 11.2. The molecule has 2 aromatic rings. The summed E-state index contributed by atoms with van der Waals surface area (Å²) in [4.78, 5) is 1.89. The van der Waals surface area contributed by atoms with Crippen molar-refractivity contribution in [1.29, 1.82) is 0 Å². The molecule has 0 aromatic heterocycles. The summed E-state index contributed by atoms with van der Waals surface area (Å²) in [7, 11) is 1.87. The molecule has 100 valence electrons. The molecule has 2 nitrogen and oxygen atoms in total. The Morgan fingerprint density at radius 2 is 1.89 bits per heavy atom. The van der Waals surface area contributed by atoms with E-state index >= 15 is 0 Å². The molecule has 0 radical (unpaired) electrons. The Labute approximate surface area is 113 Å². The second-order valence-corrected chi connectivity index (χ2v) is 4.52. The molecule has 0 heterocycles. The number of hydrogen-bond acceptors (Lipinski definition) is 2. The van der Waals surface area contributed by atoms with E-state index in [1.54, 1.807) is 6.07 Å². The molecular weight excluding hydrogens is 241 g/mol. The normalized spacial score (nSPS) is 12.2. The van der Waals surface area contributed by atoms with Crippen molar-refractivity contribution in [3.05, 3.63) is 59.9 Å². The van der Waals surface area contributed by atoms with E-state index in [-0.39, 0.29) is 5.82 Å². The molecule has 0 bridgehead atoms. The molecule has 1 atom stereocenters. The smallest absolute Gasteiger partial charge is 0.125 e. The lowest BCUT2D eigenvalue weighted by Crippen LogP contribution is -2.13. The third kappa shape index (κ3) is 2.93. The van der Waals surface area contributed by atoms with Gasteiger partial charge in [-0.3, -0.25) is 0 Å². The number of halogens is 1. The molecule has 0 aliphatic heterocycles. The highest BCUT2D eigenvalue weighted by Crippen LogP contribution is 2.31. The van der Waals surface area contributed by atoms with Crippen LogP contribution in [0.3, 0.4) is 0 Å². The first-order chi connectivity index (χ1) is 9.13. The van der Waals surface area contributed by atoms with Gasteiger partial charge in [0.05, 0.1) is 6.10 Å². The molecule has 3 heteroatoms. The molecule has 2 rings (SSSR count). The zero-order valence-electron chi connectivity index (χ0n) is 11.2. The SMILES string of the molecule is CC[C@H](O)c1ccccc1N(C)c1cccc(F)c1. The quantitative estimate of drug-likeness (QED) is 0.895. The maximum atomic E-state index is 13.3. The lowest BCUT2D eigenvalue weighted by molar-refractivity contribution is 0.174. The lowest BCUT2D eigenvalue weighted by atomic mass is 10.0. The van der Waals surface area contributed by atoms with Gasteiger partial charge in [-0.05, 0) is 30.7 Å². The highest BCUT2D eigenvalue weighted by molar-refractivity contribution is 5.66. The molecule has 0 amide bonds. The molecular formula is C16H18FNO. The Morgan fingerprint density at radius 3 is 2.58 bits per heavy atom. The Morgan fingerprint density at radius 1 is 1.16 bits per heavy atom. The van der Waals surface area contributed by atoms with Gasteiger partial charge in [-0.2, -0.15) is 0 Å². The number of para-hydroxylation sites is 1. The molecule has 0 unspecified atom stereocenters. The largest absolute Gasteiger partial charge is 0.388 e. The second kappa shape index (κ2) is 5.85. The van der Waals surface area contributed by atoms with Crippen LogP contribution in [0.5, 0.6) is 0 Å². The summed E-state index contributed by atoms with van der Waals surface area (Å²) in [6, 6.07) is 14.1. The number of benzene rings is 2. The van der Waals surface area contributed by atoms with Crippen LogP contribution in [-0.2, 0) is 0 Å². The molecule has 0 saturated carbocycles. The van der Waals surface area contributed by atoms with Crippen LogP contribution in [0.2, 0.25) is 0 Å². The van der Waals surface area contributed by atoms with Crippen LogP contribution in [-0.4, -0.2) is 12.2 Å². The van der Waals surface area contributed by atoms with Crippen molar-refractivity contribution in [2.45, 2.75) is 19.4 Å². The predicted molar refractivity (Wildman–Crippen MR) is 76.2 cm³/mol. The Balaban J connectivity index is 2.41. The van der Waals surface area contributed by atoms with E-state index in [2.05, 4.69) is 0 Å². The second-order valence-electron chi connectivity index (χ2n) is 4.52.